The maximum Gasteiger partial charge on any atom is 0.292 e. The molecule has 4 rings (SSSR count). The number of anilines is 1. The molecular weight excluding hydrogens is 396 g/mol. The molecule has 0 atom stereocenters. The number of nitro benzene ring substituents is 1. The molecule has 1 heterocycles. The predicted molar refractivity (Wildman–Crippen MR) is 115 cm³/mol. The van der Waals surface area contributed by atoms with Gasteiger partial charge in [0.2, 0.25) is 0 Å². The minimum absolute atomic E-state index is 0.0134. The second-order valence-electron chi connectivity index (χ2n) is 6.55. The third kappa shape index (κ3) is 4.02. The minimum Gasteiger partial charge on any atom is -0.355 e. The molecule has 0 saturated carbocycles. The summed E-state index contributed by atoms with van der Waals surface area (Å²) < 4.78 is 5.47. The quantitative estimate of drug-likeness (QED) is 0.215. The normalized spacial score (nSPS) is 11.1. The summed E-state index contributed by atoms with van der Waals surface area (Å²) in [7, 11) is 0. The Balaban J connectivity index is 1.67. The van der Waals surface area contributed by atoms with Crippen LogP contribution in [0.2, 0.25) is 0 Å². The number of aromatic nitrogens is 1. The van der Waals surface area contributed by atoms with Gasteiger partial charge in [0.05, 0.1) is 10.3 Å². The molecule has 1 aromatic heterocycles. The molecule has 0 aliphatic carbocycles. The van der Waals surface area contributed by atoms with Crippen molar-refractivity contribution in [3.05, 3.63) is 94.0 Å². The van der Waals surface area contributed by atoms with E-state index < -0.39 is 10.8 Å². The first kappa shape index (κ1) is 19.5. The average Bonchev–Trinajstić information content (AvgIpc) is 3.21. The van der Waals surface area contributed by atoms with E-state index in [-0.39, 0.29) is 16.9 Å². The van der Waals surface area contributed by atoms with E-state index in [0.29, 0.717) is 16.8 Å². The largest absolute Gasteiger partial charge is 0.355 e. The van der Waals surface area contributed by atoms with Crippen LogP contribution in [0.15, 0.2) is 82.9 Å². The number of nitrogens with zero attached hydrogens (tertiary/aromatic N) is 3. The number of benzene rings is 3. The lowest BCUT2D eigenvalue weighted by Crippen LogP contribution is -2.14. The SMILES string of the molecule is N#C/C(=C\c1ccc2noc(-c3ccccc3)c2c1)C(=O)Nc1ccccc1[N+](=O)[O-]. The molecule has 8 nitrogen and oxygen atoms in total. The molecular formula is C23H14N4O4. The van der Waals surface area contributed by atoms with E-state index in [1.807, 2.05) is 36.4 Å². The number of nitrogens with one attached hydrogen (secondary N) is 1. The fourth-order valence-corrected chi connectivity index (χ4v) is 3.09. The van der Waals surface area contributed by atoms with Gasteiger partial charge in [0.1, 0.15) is 22.8 Å². The molecule has 150 valence electrons. The predicted octanol–water partition coefficient (Wildman–Crippen LogP) is 4.95. The first-order valence-corrected chi connectivity index (χ1v) is 9.18. The lowest BCUT2D eigenvalue weighted by Gasteiger charge is -2.05. The minimum atomic E-state index is -0.745. The molecule has 3 aromatic carbocycles. The fraction of sp³-hybridized carbons (Fsp3) is 0. The summed E-state index contributed by atoms with van der Waals surface area (Å²) in [5.41, 5.74) is 1.63. The Kier molecular flexibility index (Phi) is 5.24. The Morgan fingerprint density at radius 1 is 1.10 bits per heavy atom. The molecule has 0 saturated heterocycles. The molecule has 1 amide bonds. The van der Waals surface area contributed by atoms with E-state index in [4.69, 9.17) is 4.52 Å². The van der Waals surface area contributed by atoms with Crippen molar-refractivity contribution in [2.75, 3.05) is 5.32 Å². The second kappa shape index (κ2) is 8.31. The molecule has 0 aliphatic heterocycles. The zero-order valence-electron chi connectivity index (χ0n) is 16.0. The second-order valence-corrected chi connectivity index (χ2v) is 6.55. The van der Waals surface area contributed by atoms with Crippen LogP contribution in [0, 0.1) is 21.4 Å². The van der Waals surface area contributed by atoms with E-state index >= 15 is 0 Å². The van der Waals surface area contributed by atoms with Gasteiger partial charge in [0.15, 0.2) is 5.76 Å². The summed E-state index contributed by atoms with van der Waals surface area (Å²) in [6, 6.07) is 22.2. The fourth-order valence-electron chi connectivity index (χ4n) is 3.09. The molecule has 0 bridgehead atoms. The van der Waals surface area contributed by atoms with Gasteiger partial charge in [0.25, 0.3) is 11.6 Å². The Morgan fingerprint density at radius 2 is 1.84 bits per heavy atom. The number of carbonyl (C=O) groups excluding carboxylic acids is 1. The van der Waals surface area contributed by atoms with Crippen molar-refractivity contribution in [2.24, 2.45) is 0 Å². The van der Waals surface area contributed by atoms with Gasteiger partial charge in [-0.05, 0) is 29.8 Å². The lowest BCUT2D eigenvalue weighted by molar-refractivity contribution is -0.383. The average molecular weight is 410 g/mol. The maximum absolute atomic E-state index is 12.6. The van der Waals surface area contributed by atoms with Crippen LogP contribution >= 0.6 is 0 Å². The molecule has 1 N–H and O–H groups in total. The van der Waals surface area contributed by atoms with Crippen LogP contribution in [0.3, 0.4) is 0 Å². The topological polar surface area (TPSA) is 122 Å². The van der Waals surface area contributed by atoms with Crippen LogP contribution in [-0.2, 0) is 4.79 Å². The molecule has 31 heavy (non-hydrogen) atoms. The first-order chi connectivity index (χ1) is 15.1. The van der Waals surface area contributed by atoms with Gasteiger partial charge in [-0.3, -0.25) is 14.9 Å². The molecule has 0 spiro atoms. The number of amides is 1. The van der Waals surface area contributed by atoms with Crippen molar-refractivity contribution in [3.63, 3.8) is 0 Å². The zero-order valence-corrected chi connectivity index (χ0v) is 16.0. The van der Waals surface area contributed by atoms with Gasteiger partial charge in [-0.2, -0.15) is 5.26 Å². The van der Waals surface area contributed by atoms with Crippen LogP contribution < -0.4 is 5.32 Å². The van der Waals surface area contributed by atoms with E-state index in [1.165, 1.54) is 24.3 Å². The van der Waals surface area contributed by atoms with Crippen LogP contribution in [-0.4, -0.2) is 16.0 Å². The highest BCUT2D eigenvalue weighted by Crippen LogP contribution is 2.30. The summed E-state index contributed by atoms with van der Waals surface area (Å²) in [5.74, 6) is -0.167. The van der Waals surface area contributed by atoms with Gasteiger partial charge in [-0.15, -0.1) is 0 Å². The number of rotatable bonds is 5. The highest BCUT2D eigenvalue weighted by atomic mass is 16.6. The Labute approximate surface area is 176 Å². The van der Waals surface area contributed by atoms with Gasteiger partial charge in [0, 0.05) is 11.6 Å². The van der Waals surface area contributed by atoms with Crippen LogP contribution in [0.25, 0.3) is 28.3 Å². The van der Waals surface area contributed by atoms with Crippen LogP contribution in [0.5, 0.6) is 0 Å². The monoisotopic (exact) mass is 410 g/mol. The van der Waals surface area contributed by atoms with E-state index in [1.54, 1.807) is 24.3 Å². The van der Waals surface area contributed by atoms with E-state index in [0.717, 1.165) is 10.9 Å². The Hall–Kier alpha value is -4.77. The summed E-state index contributed by atoms with van der Waals surface area (Å²) in [6.07, 6.45) is 1.41. The lowest BCUT2D eigenvalue weighted by atomic mass is 10.0. The summed E-state index contributed by atoms with van der Waals surface area (Å²) in [5, 5.41) is 27.8. The molecule has 0 aliphatic rings. The number of nitriles is 1. The summed E-state index contributed by atoms with van der Waals surface area (Å²) in [4.78, 5) is 23.1. The first-order valence-electron chi connectivity index (χ1n) is 9.18. The number of fused-ring (bicyclic) bond motifs is 1. The van der Waals surface area contributed by atoms with Gasteiger partial charge in [-0.25, -0.2) is 0 Å². The Morgan fingerprint density at radius 3 is 2.58 bits per heavy atom. The van der Waals surface area contributed by atoms with Gasteiger partial charge in [-0.1, -0.05) is 53.7 Å². The summed E-state index contributed by atoms with van der Waals surface area (Å²) >= 11 is 0. The molecule has 0 unspecified atom stereocenters. The molecule has 8 heteroatoms. The van der Waals surface area contributed by atoms with Gasteiger partial charge >= 0.3 is 0 Å². The van der Waals surface area contributed by atoms with Crippen molar-refractivity contribution in [1.29, 1.82) is 5.26 Å². The number of hydrogen-bond donors (Lipinski definition) is 1. The number of nitro groups is 1. The number of hydrogen-bond acceptors (Lipinski definition) is 6. The van der Waals surface area contributed by atoms with E-state index in [2.05, 4.69) is 10.5 Å². The van der Waals surface area contributed by atoms with Crippen molar-refractivity contribution in [3.8, 4) is 17.4 Å². The van der Waals surface area contributed by atoms with Crippen molar-refractivity contribution < 1.29 is 14.2 Å². The maximum atomic E-state index is 12.6. The summed E-state index contributed by atoms with van der Waals surface area (Å²) in [6.45, 7) is 0. The molecule has 4 aromatic rings. The Bertz CT molecular complexity index is 1370. The molecule has 0 radical (unpaired) electrons. The highest BCUT2D eigenvalue weighted by Gasteiger charge is 2.17. The molecule has 0 fully saturated rings. The number of carbonyl (C=O) groups is 1. The zero-order chi connectivity index (χ0) is 21.8. The standard InChI is InChI=1S/C23H14N4O4/c24-14-17(23(28)25-20-8-4-5-9-21(20)27(29)30)12-15-10-11-19-18(13-15)22(31-26-19)16-6-2-1-3-7-16/h1-13H,(H,25,28)/b17-12+. The van der Waals surface area contributed by atoms with Crippen LogP contribution in [0.1, 0.15) is 5.56 Å². The van der Waals surface area contributed by atoms with Crippen LogP contribution in [0.4, 0.5) is 11.4 Å². The number of para-hydroxylation sites is 2. The smallest absolute Gasteiger partial charge is 0.292 e. The third-order valence-corrected chi connectivity index (χ3v) is 4.56. The highest BCUT2D eigenvalue weighted by molar-refractivity contribution is 6.10. The third-order valence-electron chi connectivity index (χ3n) is 4.56. The van der Waals surface area contributed by atoms with Crippen molar-refractivity contribution >= 4 is 34.3 Å². The van der Waals surface area contributed by atoms with Gasteiger partial charge < -0.3 is 9.84 Å². The van der Waals surface area contributed by atoms with Crippen molar-refractivity contribution in [1.82, 2.24) is 5.16 Å². The van der Waals surface area contributed by atoms with Crippen molar-refractivity contribution in [2.45, 2.75) is 0 Å². The van der Waals surface area contributed by atoms with E-state index in [9.17, 15) is 20.2 Å².